The van der Waals surface area contributed by atoms with Crippen LogP contribution in [0, 0.1) is 0 Å². The summed E-state index contributed by atoms with van der Waals surface area (Å²) in [5, 5.41) is 0.385. The van der Waals surface area contributed by atoms with Gasteiger partial charge in [0.25, 0.3) is 10.0 Å². The minimum absolute atomic E-state index is 0.163. The Morgan fingerprint density at radius 1 is 1.28 bits per heavy atom. The first kappa shape index (κ1) is 17.4. The fraction of sp³-hybridized carbons (Fsp3) is 0.188. The molecule has 0 spiro atoms. The van der Waals surface area contributed by atoms with Crippen molar-refractivity contribution in [1.82, 2.24) is 14.6 Å². The van der Waals surface area contributed by atoms with Gasteiger partial charge in [0.05, 0.1) is 4.90 Å². The quantitative estimate of drug-likeness (QED) is 0.815. The van der Waals surface area contributed by atoms with Crippen molar-refractivity contribution in [3.05, 3.63) is 58.9 Å². The standard InChI is InChI=1S/C16H15ClN4O3S/c1-21(10-11-6-7-14(17)18-8-11)15(22)9-19-16-12-4-2-3-5-13(12)25(23,24)20-16/h2-8H,9-10H2,1H3,(H,19,20). The van der Waals surface area contributed by atoms with Gasteiger partial charge in [-0.3, -0.25) is 14.5 Å². The van der Waals surface area contributed by atoms with E-state index in [1.807, 2.05) is 0 Å². The Balaban J connectivity index is 1.70. The minimum Gasteiger partial charge on any atom is -0.340 e. The molecule has 0 saturated heterocycles. The third-order valence-corrected chi connectivity index (χ3v) is 5.29. The molecule has 130 valence electrons. The second kappa shape index (κ2) is 6.81. The maximum Gasteiger partial charge on any atom is 0.263 e. The Labute approximate surface area is 150 Å². The molecule has 9 heteroatoms. The van der Waals surface area contributed by atoms with Crippen molar-refractivity contribution >= 4 is 33.4 Å². The summed E-state index contributed by atoms with van der Waals surface area (Å²) in [6.07, 6.45) is 1.60. The number of carbonyl (C=O) groups excluding carboxylic acids is 1. The van der Waals surface area contributed by atoms with E-state index in [4.69, 9.17) is 11.6 Å². The molecule has 0 aliphatic carbocycles. The SMILES string of the molecule is CN(Cc1ccc(Cl)nc1)C(=O)CN=C1NS(=O)(=O)c2ccccc21. The summed E-state index contributed by atoms with van der Waals surface area (Å²) in [5.74, 6) is -0.0588. The van der Waals surface area contributed by atoms with E-state index >= 15 is 0 Å². The number of amides is 1. The van der Waals surface area contributed by atoms with Crippen LogP contribution in [0.3, 0.4) is 0 Å². The summed E-state index contributed by atoms with van der Waals surface area (Å²) in [6, 6.07) is 9.95. The van der Waals surface area contributed by atoms with Crippen LogP contribution in [-0.2, 0) is 21.4 Å². The van der Waals surface area contributed by atoms with Gasteiger partial charge in [0.15, 0.2) is 0 Å². The molecule has 1 aromatic heterocycles. The van der Waals surface area contributed by atoms with E-state index in [0.29, 0.717) is 17.3 Å². The van der Waals surface area contributed by atoms with E-state index in [9.17, 15) is 13.2 Å². The molecule has 1 N–H and O–H groups in total. The van der Waals surface area contributed by atoms with Crippen LogP contribution in [0.25, 0.3) is 0 Å². The number of benzene rings is 1. The highest BCUT2D eigenvalue weighted by Crippen LogP contribution is 2.22. The van der Waals surface area contributed by atoms with Gasteiger partial charge in [0, 0.05) is 25.4 Å². The topological polar surface area (TPSA) is 91.7 Å². The Bertz CT molecular complexity index is 942. The number of amidine groups is 1. The first-order chi connectivity index (χ1) is 11.9. The molecule has 0 saturated carbocycles. The van der Waals surface area contributed by atoms with Gasteiger partial charge in [-0.15, -0.1) is 0 Å². The van der Waals surface area contributed by atoms with E-state index in [2.05, 4.69) is 14.7 Å². The summed E-state index contributed by atoms with van der Waals surface area (Å²) in [7, 11) is -1.96. The summed E-state index contributed by atoms with van der Waals surface area (Å²) in [6.45, 7) is 0.194. The summed E-state index contributed by atoms with van der Waals surface area (Å²) >= 11 is 5.73. The van der Waals surface area contributed by atoms with Crippen LogP contribution < -0.4 is 4.72 Å². The Kier molecular flexibility index (Phi) is 4.73. The van der Waals surface area contributed by atoms with E-state index in [0.717, 1.165) is 5.56 Å². The highest BCUT2D eigenvalue weighted by molar-refractivity contribution is 7.90. The number of fused-ring (bicyclic) bond motifs is 1. The van der Waals surface area contributed by atoms with Gasteiger partial charge in [0.2, 0.25) is 5.91 Å². The first-order valence-corrected chi connectivity index (χ1v) is 9.24. The molecule has 2 aromatic rings. The molecule has 1 aliphatic heterocycles. The molecule has 1 amide bonds. The van der Waals surface area contributed by atoms with Gasteiger partial charge >= 0.3 is 0 Å². The summed E-state index contributed by atoms with van der Waals surface area (Å²) < 4.78 is 26.4. The van der Waals surface area contributed by atoms with Crippen LogP contribution in [0.2, 0.25) is 5.15 Å². The van der Waals surface area contributed by atoms with Gasteiger partial charge in [-0.25, -0.2) is 13.4 Å². The minimum atomic E-state index is -3.60. The van der Waals surface area contributed by atoms with E-state index in [1.54, 1.807) is 43.6 Å². The van der Waals surface area contributed by atoms with Crippen LogP contribution in [0.15, 0.2) is 52.5 Å². The van der Waals surface area contributed by atoms with Crippen LogP contribution in [0.4, 0.5) is 0 Å². The van der Waals surface area contributed by atoms with Gasteiger partial charge in [-0.05, 0) is 23.8 Å². The number of nitrogens with one attached hydrogen (secondary N) is 1. The third-order valence-electron chi connectivity index (χ3n) is 3.67. The lowest BCUT2D eigenvalue weighted by Gasteiger charge is -2.16. The van der Waals surface area contributed by atoms with Crippen molar-refractivity contribution in [2.24, 2.45) is 4.99 Å². The number of likely N-dealkylation sites (N-methyl/N-ethyl adjacent to an activating group) is 1. The smallest absolute Gasteiger partial charge is 0.263 e. The van der Waals surface area contributed by atoms with Crippen molar-refractivity contribution in [1.29, 1.82) is 0 Å². The lowest BCUT2D eigenvalue weighted by atomic mass is 10.2. The average Bonchev–Trinajstić information content (AvgIpc) is 2.86. The zero-order chi connectivity index (χ0) is 18.0. The number of hydrogen-bond donors (Lipinski definition) is 1. The Morgan fingerprint density at radius 2 is 2.04 bits per heavy atom. The number of carbonyl (C=O) groups is 1. The van der Waals surface area contributed by atoms with Gasteiger partial charge < -0.3 is 4.90 Å². The molecular weight excluding hydrogens is 364 g/mol. The maximum atomic E-state index is 12.2. The molecule has 0 unspecified atom stereocenters. The second-order valence-electron chi connectivity index (χ2n) is 5.51. The van der Waals surface area contributed by atoms with E-state index < -0.39 is 10.0 Å². The monoisotopic (exact) mass is 378 g/mol. The normalized spacial score (nSPS) is 16.3. The molecule has 7 nitrogen and oxygen atoms in total. The zero-order valence-corrected chi connectivity index (χ0v) is 14.9. The van der Waals surface area contributed by atoms with Gasteiger partial charge in [0.1, 0.15) is 17.5 Å². The van der Waals surface area contributed by atoms with Crippen LogP contribution in [-0.4, -0.2) is 43.6 Å². The number of rotatable bonds is 4. The molecule has 3 rings (SSSR count). The number of pyridine rings is 1. The van der Waals surface area contributed by atoms with Crippen molar-refractivity contribution in [2.45, 2.75) is 11.4 Å². The number of halogens is 1. The van der Waals surface area contributed by atoms with Crippen molar-refractivity contribution < 1.29 is 13.2 Å². The first-order valence-electron chi connectivity index (χ1n) is 7.38. The number of nitrogens with zero attached hydrogens (tertiary/aromatic N) is 3. The largest absolute Gasteiger partial charge is 0.340 e. The molecular formula is C16H15ClN4O3S. The van der Waals surface area contributed by atoms with E-state index in [-0.39, 0.29) is 23.2 Å². The lowest BCUT2D eigenvalue weighted by molar-refractivity contribution is -0.128. The molecule has 1 aliphatic rings. The van der Waals surface area contributed by atoms with Crippen LogP contribution >= 0.6 is 11.6 Å². The number of aromatic nitrogens is 1. The number of aliphatic imine (C=N–C) groups is 1. The fourth-order valence-corrected chi connectivity index (χ4v) is 3.74. The van der Waals surface area contributed by atoms with Crippen molar-refractivity contribution in [3.63, 3.8) is 0 Å². The van der Waals surface area contributed by atoms with Crippen molar-refractivity contribution in [3.8, 4) is 0 Å². The van der Waals surface area contributed by atoms with E-state index in [1.165, 1.54) is 11.0 Å². The average molecular weight is 379 g/mol. The maximum absolute atomic E-state index is 12.2. The highest BCUT2D eigenvalue weighted by Gasteiger charge is 2.30. The molecule has 0 radical (unpaired) electrons. The predicted octanol–water partition coefficient (Wildman–Crippen LogP) is 1.43. The van der Waals surface area contributed by atoms with Gasteiger partial charge in [-0.2, -0.15) is 0 Å². The second-order valence-corrected chi connectivity index (χ2v) is 7.54. The summed E-state index contributed by atoms with van der Waals surface area (Å²) in [5.41, 5.74) is 1.31. The Hall–Kier alpha value is -2.45. The lowest BCUT2D eigenvalue weighted by Crippen LogP contribution is -2.30. The van der Waals surface area contributed by atoms with Crippen LogP contribution in [0.5, 0.6) is 0 Å². The molecule has 0 bridgehead atoms. The molecule has 0 fully saturated rings. The zero-order valence-electron chi connectivity index (χ0n) is 13.3. The highest BCUT2D eigenvalue weighted by atomic mass is 35.5. The molecule has 1 aromatic carbocycles. The number of sulfonamides is 1. The molecule has 0 atom stereocenters. The third kappa shape index (κ3) is 3.80. The summed E-state index contributed by atoms with van der Waals surface area (Å²) in [4.78, 5) is 22.0. The predicted molar refractivity (Wildman–Crippen MR) is 93.9 cm³/mol. The fourth-order valence-electron chi connectivity index (χ4n) is 2.38. The van der Waals surface area contributed by atoms with Crippen LogP contribution in [0.1, 0.15) is 11.1 Å². The number of hydrogen-bond acceptors (Lipinski definition) is 5. The van der Waals surface area contributed by atoms with Gasteiger partial charge in [-0.1, -0.05) is 29.8 Å². The Morgan fingerprint density at radius 3 is 2.76 bits per heavy atom. The van der Waals surface area contributed by atoms with Crippen molar-refractivity contribution in [2.75, 3.05) is 13.6 Å². The molecule has 25 heavy (non-hydrogen) atoms. The molecule has 2 heterocycles.